The van der Waals surface area contributed by atoms with E-state index < -0.39 is 0 Å². The van der Waals surface area contributed by atoms with E-state index in [-0.39, 0.29) is 11.1 Å². The van der Waals surface area contributed by atoms with Crippen molar-refractivity contribution in [1.29, 1.82) is 0 Å². The average Bonchev–Trinajstić information content (AvgIpc) is 2.95. The van der Waals surface area contributed by atoms with Crippen LogP contribution in [0, 0.1) is 6.92 Å². The van der Waals surface area contributed by atoms with Gasteiger partial charge in [-0.3, -0.25) is 9.59 Å². The molecule has 0 aromatic heterocycles. The van der Waals surface area contributed by atoms with Crippen molar-refractivity contribution in [2.75, 3.05) is 26.2 Å². The highest BCUT2D eigenvalue weighted by Gasteiger charge is 2.36. The molecule has 6 nitrogen and oxygen atoms in total. The number of amides is 2. The van der Waals surface area contributed by atoms with Crippen LogP contribution in [0.25, 0.3) is 6.08 Å². The van der Waals surface area contributed by atoms with Crippen LogP contribution in [0.4, 0.5) is 10.5 Å². The fourth-order valence-corrected chi connectivity index (χ4v) is 3.60. The first-order chi connectivity index (χ1) is 13.0. The maximum absolute atomic E-state index is 12.8. The Morgan fingerprint density at radius 2 is 1.56 bits per heavy atom. The Morgan fingerprint density at radius 1 is 0.889 bits per heavy atom. The second kappa shape index (κ2) is 7.75. The summed E-state index contributed by atoms with van der Waals surface area (Å²) in [5.74, 6) is 0.996. The number of nitrogens with zero attached hydrogens (tertiary/aromatic N) is 1. The van der Waals surface area contributed by atoms with Crippen LogP contribution in [0.1, 0.15) is 11.1 Å². The Bertz CT molecular complexity index is 921. The number of ether oxygens (including phenoxy) is 3. The predicted molar refractivity (Wildman–Crippen MR) is 106 cm³/mol. The summed E-state index contributed by atoms with van der Waals surface area (Å²) in [4.78, 5) is 26.7. The zero-order valence-electron chi connectivity index (χ0n) is 15.4. The van der Waals surface area contributed by atoms with Gasteiger partial charge in [-0.05, 0) is 49.0 Å². The van der Waals surface area contributed by atoms with Gasteiger partial charge in [0, 0.05) is 5.56 Å². The van der Waals surface area contributed by atoms with Gasteiger partial charge in [0.15, 0.2) is 11.5 Å². The number of carbonyl (C=O) groups is 2. The highest BCUT2D eigenvalue weighted by molar-refractivity contribution is 8.19. The minimum Gasteiger partial charge on any atom is -0.493 e. The van der Waals surface area contributed by atoms with E-state index in [9.17, 15) is 9.59 Å². The second-order valence-corrected chi connectivity index (χ2v) is 6.77. The highest BCUT2D eigenvalue weighted by atomic mass is 32.2. The van der Waals surface area contributed by atoms with Crippen LogP contribution in [-0.4, -0.2) is 32.5 Å². The SMILES string of the molecule is COc1ccc(/C=C2\SC(=O)N(c3ccc(C)cc3)C2=O)c(OC)c1OC. The monoisotopic (exact) mass is 385 g/mol. The van der Waals surface area contributed by atoms with Gasteiger partial charge >= 0.3 is 0 Å². The Hall–Kier alpha value is -2.93. The summed E-state index contributed by atoms with van der Waals surface area (Å²) in [6.45, 7) is 1.95. The number of hydrogen-bond acceptors (Lipinski definition) is 6. The van der Waals surface area contributed by atoms with Crippen LogP contribution < -0.4 is 19.1 Å². The lowest BCUT2D eigenvalue weighted by atomic mass is 10.1. The van der Waals surface area contributed by atoms with Gasteiger partial charge in [-0.15, -0.1) is 0 Å². The Kier molecular flexibility index (Phi) is 5.41. The van der Waals surface area contributed by atoms with E-state index in [1.165, 1.54) is 26.2 Å². The zero-order valence-corrected chi connectivity index (χ0v) is 16.3. The molecule has 1 heterocycles. The first-order valence-corrected chi connectivity index (χ1v) is 8.95. The Morgan fingerprint density at radius 3 is 2.15 bits per heavy atom. The van der Waals surface area contributed by atoms with Crippen molar-refractivity contribution >= 4 is 34.7 Å². The molecule has 2 amide bonds. The van der Waals surface area contributed by atoms with Crippen molar-refractivity contribution in [1.82, 2.24) is 0 Å². The lowest BCUT2D eigenvalue weighted by Gasteiger charge is -2.14. The minimum absolute atomic E-state index is 0.311. The molecule has 0 atom stereocenters. The van der Waals surface area contributed by atoms with E-state index in [2.05, 4.69) is 0 Å². The Balaban J connectivity index is 2.00. The highest BCUT2D eigenvalue weighted by Crippen LogP contribution is 2.42. The molecule has 0 bridgehead atoms. The maximum atomic E-state index is 12.8. The molecule has 140 valence electrons. The van der Waals surface area contributed by atoms with Crippen molar-refractivity contribution in [3.63, 3.8) is 0 Å². The Labute approximate surface area is 161 Å². The van der Waals surface area contributed by atoms with Crippen LogP contribution in [-0.2, 0) is 4.79 Å². The van der Waals surface area contributed by atoms with Gasteiger partial charge in [-0.25, -0.2) is 4.90 Å². The van der Waals surface area contributed by atoms with Crippen LogP contribution in [0.2, 0.25) is 0 Å². The largest absolute Gasteiger partial charge is 0.493 e. The molecule has 1 aliphatic rings. The molecule has 27 heavy (non-hydrogen) atoms. The molecule has 0 N–H and O–H groups in total. The van der Waals surface area contributed by atoms with Gasteiger partial charge in [0.25, 0.3) is 11.1 Å². The van der Waals surface area contributed by atoms with Crippen LogP contribution in [0.15, 0.2) is 41.3 Å². The van der Waals surface area contributed by atoms with E-state index in [0.717, 1.165) is 17.3 Å². The number of aryl methyl sites for hydroxylation is 1. The molecule has 2 aromatic rings. The van der Waals surface area contributed by atoms with Crippen molar-refractivity contribution in [2.24, 2.45) is 0 Å². The summed E-state index contributed by atoms with van der Waals surface area (Å²) >= 11 is 0.889. The molecule has 7 heteroatoms. The van der Waals surface area contributed by atoms with Crippen LogP contribution >= 0.6 is 11.8 Å². The number of methoxy groups -OCH3 is 3. The standard InChI is InChI=1S/C20H19NO5S/c1-12-5-8-14(9-6-12)21-19(22)16(27-20(21)23)11-13-7-10-15(24-2)18(26-4)17(13)25-3/h5-11H,1-4H3/b16-11-. The number of carbonyl (C=O) groups excluding carboxylic acids is 2. The lowest BCUT2D eigenvalue weighted by molar-refractivity contribution is -0.113. The molecule has 0 radical (unpaired) electrons. The number of rotatable bonds is 5. The number of hydrogen-bond donors (Lipinski definition) is 0. The number of imide groups is 1. The molecule has 3 rings (SSSR count). The molecule has 0 spiro atoms. The maximum Gasteiger partial charge on any atom is 0.298 e. The molecule has 0 saturated carbocycles. The third-order valence-corrected chi connectivity index (χ3v) is 4.98. The molecule has 0 aliphatic carbocycles. The molecule has 1 saturated heterocycles. The normalized spacial score (nSPS) is 15.4. The molecular weight excluding hydrogens is 366 g/mol. The molecule has 1 fully saturated rings. The number of thioether (sulfide) groups is 1. The van der Waals surface area contributed by atoms with Crippen molar-refractivity contribution in [2.45, 2.75) is 6.92 Å². The van der Waals surface area contributed by atoms with Gasteiger partial charge in [0.2, 0.25) is 5.75 Å². The van der Waals surface area contributed by atoms with E-state index in [1.54, 1.807) is 30.3 Å². The first-order valence-electron chi connectivity index (χ1n) is 8.13. The van der Waals surface area contributed by atoms with E-state index in [1.807, 2.05) is 19.1 Å². The zero-order chi connectivity index (χ0) is 19.6. The summed E-state index contributed by atoms with van der Waals surface area (Å²) < 4.78 is 16.1. The van der Waals surface area contributed by atoms with Gasteiger partial charge in [0.1, 0.15) is 0 Å². The molecule has 0 unspecified atom stereocenters. The van der Waals surface area contributed by atoms with Crippen LogP contribution in [0.5, 0.6) is 17.2 Å². The molecule has 2 aromatic carbocycles. The van der Waals surface area contributed by atoms with E-state index in [0.29, 0.717) is 33.4 Å². The average molecular weight is 385 g/mol. The summed E-state index contributed by atoms with van der Waals surface area (Å²) in [5, 5.41) is -0.338. The fourth-order valence-electron chi connectivity index (χ4n) is 2.76. The van der Waals surface area contributed by atoms with E-state index in [4.69, 9.17) is 14.2 Å². The van der Waals surface area contributed by atoms with Gasteiger partial charge in [-0.1, -0.05) is 17.7 Å². The van der Waals surface area contributed by atoms with E-state index >= 15 is 0 Å². The smallest absolute Gasteiger partial charge is 0.298 e. The molecular formula is C20H19NO5S. The third-order valence-electron chi connectivity index (χ3n) is 4.11. The summed E-state index contributed by atoms with van der Waals surface area (Å²) in [6.07, 6.45) is 1.62. The van der Waals surface area contributed by atoms with Crippen molar-refractivity contribution in [3.05, 3.63) is 52.4 Å². The van der Waals surface area contributed by atoms with Crippen molar-refractivity contribution < 1.29 is 23.8 Å². The number of benzene rings is 2. The fraction of sp³-hybridized carbons (Fsp3) is 0.200. The number of anilines is 1. The predicted octanol–water partition coefficient (Wildman–Crippen LogP) is 4.26. The quantitative estimate of drug-likeness (QED) is 0.717. The second-order valence-electron chi connectivity index (χ2n) is 5.78. The summed E-state index contributed by atoms with van der Waals surface area (Å²) in [6, 6.07) is 10.7. The third kappa shape index (κ3) is 3.50. The summed E-state index contributed by atoms with van der Waals surface area (Å²) in [7, 11) is 4.55. The summed E-state index contributed by atoms with van der Waals surface area (Å²) in [5.41, 5.74) is 2.21. The topological polar surface area (TPSA) is 65.1 Å². The van der Waals surface area contributed by atoms with Crippen LogP contribution in [0.3, 0.4) is 0 Å². The lowest BCUT2D eigenvalue weighted by Crippen LogP contribution is -2.27. The van der Waals surface area contributed by atoms with Crippen molar-refractivity contribution in [3.8, 4) is 17.2 Å². The van der Waals surface area contributed by atoms with Gasteiger partial charge in [0.05, 0.1) is 31.9 Å². The van der Waals surface area contributed by atoms with Gasteiger partial charge in [-0.2, -0.15) is 0 Å². The van der Waals surface area contributed by atoms with Gasteiger partial charge < -0.3 is 14.2 Å². The molecule has 1 aliphatic heterocycles. The minimum atomic E-state index is -0.370. The first kappa shape index (κ1) is 18.8.